The van der Waals surface area contributed by atoms with E-state index in [1.54, 1.807) is 12.1 Å². The van der Waals surface area contributed by atoms with Gasteiger partial charge in [0.15, 0.2) is 0 Å². The first kappa shape index (κ1) is 12.7. The summed E-state index contributed by atoms with van der Waals surface area (Å²) in [5.41, 5.74) is 0.764. The zero-order chi connectivity index (χ0) is 13.3. The van der Waals surface area contributed by atoms with E-state index in [4.69, 9.17) is 0 Å². The number of hydrogen-bond acceptors (Lipinski definition) is 2. The van der Waals surface area contributed by atoms with Gasteiger partial charge in [-0.1, -0.05) is 26.0 Å². The van der Waals surface area contributed by atoms with Crippen LogP contribution in [-0.2, 0) is 9.59 Å². The second kappa shape index (κ2) is 4.88. The lowest BCUT2D eigenvalue weighted by Crippen LogP contribution is -2.45. The number of carbonyl (C=O) groups is 2. The van der Waals surface area contributed by atoms with Crippen LogP contribution in [0.25, 0.3) is 0 Å². The van der Waals surface area contributed by atoms with Gasteiger partial charge in [0.1, 0.15) is 5.82 Å². The second-order valence-corrected chi connectivity index (χ2v) is 5.05. The number of imide groups is 1. The normalized spacial score (nSPS) is 24.2. The van der Waals surface area contributed by atoms with Gasteiger partial charge in [-0.15, -0.1) is 0 Å². The maximum Gasteiger partial charge on any atom is 0.234 e. The summed E-state index contributed by atoms with van der Waals surface area (Å²) in [6.07, 6.45) is 0.339. The summed E-state index contributed by atoms with van der Waals surface area (Å²) in [6, 6.07) is 5.92. The molecule has 0 bridgehead atoms. The Morgan fingerprint density at radius 1 is 1.22 bits per heavy atom. The molecule has 96 valence electrons. The van der Waals surface area contributed by atoms with Crippen molar-refractivity contribution in [3.05, 3.63) is 35.6 Å². The molecule has 2 amide bonds. The number of hydrogen-bond donors (Lipinski definition) is 1. The number of carbonyl (C=O) groups excluding carboxylic acids is 2. The van der Waals surface area contributed by atoms with E-state index in [1.165, 1.54) is 12.1 Å². The van der Waals surface area contributed by atoms with E-state index in [-0.39, 0.29) is 35.4 Å². The fourth-order valence-corrected chi connectivity index (χ4v) is 2.48. The minimum atomic E-state index is -0.372. The van der Waals surface area contributed by atoms with Crippen LogP contribution in [0.1, 0.15) is 31.7 Å². The van der Waals surface area contributed by atoms with Gasteiger partial charge in [-0.2, -0.15) is 0 Å². The average molecular weight is 249 g/mol. The van der Waals surface area contributed by atoms with Crippen molar-refractivity contribution in [2.45, 2.75) is 26.2 Å². The highest BCUT2D eigenvalue weighted by molar-refractivity contribution is 6.01. The number of halogens is 1. The average Bonchev–Trinajstić information content (AvgIpc) is 2.29. The lowest BCUT2D eigenvalue weighted by Gasteiger charge is -2.33. The van der Waals surface area contributed by atoms with Crippen molar-refractivity contribution in [1.29, 1.82) is 0 Å². The fraction of sp³-hybridized carbons (Fsp3) is 0.429. The number of nitrogens with one attached hydrogen (secondary N) is 1. The van der Waals surface area contributed by atoms with Crippen LogP contribution in [0, 0.1) is 17.7 Å². The highest BCUT2D eigenvalue weighted by atomic mass is 19.1. The van der Waals surface area contributed by atoms with E-state index in [0.29, 0.717) is 6.42 Å². The fourth-order valence-electron chi connectivity index (χ4n) is 2.48. The second-order valence-electron chi connectivity index (χ2n) is 5.05. The molecule has 0 aliphatic carbocycles. The van der Waals surface area contributed by atoms with E-state index in [9.17, 15) is 14.0 Å². The Kier molecular flexibility index (Phi) is 3.45. The Bertz CT molecular complexity index is 467. The lowest BCUT2D eigenvalue weighted by atomic mass is 9.74. The molecule has 18 heavy (non-hydrogen) atoms. The van der Waals surface area contributed by atoms with Crippen LogP contribution < -0.4 is 5.32 Å². The molecule has 2 atom stereocenters. The van der Waals surface area contributed by atoms with E-state index in [1.807, 2.05) is 13.8 Å². The van der Waals surface area contributed by atoms with Crippen molar-refractivity contribution in [3.63, 3.8) is 0 Å². The molecular weight excluding hydrogens is 233 g/mol. The number of rotatable bonds is 2. The van der Waals surface area contributed by atoms with Crippen molar-refractivity contribution in [2.24, 2.45) is 11.8 Å². The first-order valence-corrected chi connectivity index (χ1v) is 6.08. The molecule has 2 unspecified atom stereocenters. The Hall–Kier alpha value is -1.71. The molecule has 1 aromatic carbocycles. The molecule has 1 fully saturated rings. The minimum absolute atomic E-state index is 0.0308. The smallest absolute Gasteiger partial charge is 0.234 e. The molecule has 3 nitrogen and oxygen atoms in total. The third-order valence-corrected chi connectivity index (χ3v) is 3.48. The highest BCUT2D eigenvalue weighted by Crippen LogP contribution is 2.35. The zero-order valence-corrected chi connectivity index (χ0v) is 10.4. The molecule has 1 saturated heterocycles. The molecular formula is C14H16FNO2. The Morgan fingerprint density at radius 2 is 1.83 bits per heavy atom. The van der Waals surface area contributed by atoms with Gasteiger partial charge in [-0.25, -0.2) is 4.39 Å². The maximum absolute atomic E-state index is 12.9. The maximum atomic E-state index is 12.9. The van der Waals surface area contributed by atoms with Crippen molar-refractivity contribution in [3.8, 4) is 0 Å². The van der Waals surface area contributed by atoms with E-state index in [0.717, 1.165) is 5.56 Å². The van der Waals surface area contributed by atoms with Crippen LogP contribution in [-0.4, -0.2) is 11.8 Å². The van der Waals surface area contributed by atoms with Gasteiger partial charge in [0.2, 0.25) is 11.8 Å². The molecule has 0 radical (unpaired) electrons. The number of piperidine rings is 1. The standard InChI is InChI=1S/C14H16FNO2/c1-8(2)11-7-12(17)16-14(18)13(11)9-3-5-10(15)6-4-9/h3-6,8,11,13H,7H2,1-2H3,(H,16,17,18). The van der Waals surface area contributed by atoms with E-state index < -0.39 is 0 Å². The Balaban J connectivity index is 2.35. The highest BCUT2D eigenvalue weighted by Gasteiger charge is 2.38. The van der Waals surface area contributed by atoms with Crippen LogP contribution >= 0.6 is 0 Å². The van der Waals surface area contributed by atoms with Crippen LogP contribution in [0.2, 0.25) is 0 Å². The summed E-state index contributed by atoms with van der Waals surface area (Å²) >= 11 is 0. The molecule has 1 aliphatic rings. The van der Waals surface area contributed by atoms with Crippen molar-refractivity contribution in [1.82, 2.24) is 5.32 Å². The largest absolute Gasteiger partial charge is 0.296 e. The number of amides is 2. The van der Waals surface area contributed by atoms with E-state index in [2.05, 4.69) is 5.32 Å². The predicted octanol–water partition coefficient (Wildman–Crippen LogP) is 2.23. The van der Waals surface area contributed by atoms with Crippen LogP contribution in [0.4, 0.5) is 4.39 Å². The van der Waals surface area contributed by atoms with Crippen molar-refractivity contribution >= 4 is 11.8 Å². The first-order chi connectivity index (χ1) is 8.49. The summed E-state index contributed by atoms with van der Waals surface area (Å²) in [5.74, 6) is -1.02. The Morgan fingerprint density at radius 3 is 2.39 bits per heavy atom. The first-order valence-electron chi connectivity index (χ1n) is 6.08. The monoisotopic (exact) mass is 249 g/mol. The molecule has 1 aliphatic heterocycles. The SMILES string of the molecule is CC(C)C1CC(=O)NC(=O)C1c1ccc(F)cc1. The summed E-state index contributed by atoms with van der Waals surface area (Å²) in [4.78, 5) is 23.4. The quantitative estimate of drug-likeness (QED) is 0.817. The molecule has 0 saturated carbocycles. The van der Waals surface area contributed by atoms with Gasteiger partial charge in [0.25, 0.3) is 0 Å². The third-order valence-electron chi connectivity index (χ3n) is 3.48. The lowest BCUT2D eigenvalue weighted by molar-refractivity contribution is -0.137. The van der Waals surface area contributed by atoms with Gasteiger partial charge in [0.05, 0.1) is 5.92 Å². The van der Waals surface area contributed by atoms with Crippen LogP contribution in [0.3, 0.4) is 0 Å². The summed E-state index contributed by atoms with van der Waals surface area (Å²) in [6.45, 7) is 3.99. The van der Waals surface area contributed by atoms with E-state index >= 15 is 0 Å². The minimum Gasteiger partial charge on any atom is -0.296 e. The predicted molar refractivity (Wildman–Crippen MR) is 65.2 cm³/mol. The van der Waals surface area contributed by atoms with Crippen molar-refractivity contribution < 1.29 is 14.0 Å². The van der Waals surface area contributed by atoms with Gasteiger partial charge in [-0.3, -0.25) is 14.9 Å². The van der Waals surface area contributed by atoms with Gasteiger partial charge in [0, 0.05) is 6.42 Å². The molecule has 0 spiro atoms. The van der Waals surface area contributed by atoms with Crippen molar-refractivity contribution in [2.75, 3.05) is 0 Å². The number of benzene rings is 1. The summed E-state index contributed by atoms with van der Waals surface area (Å²) in [5, 5.41) is 2.36. The van der Waals surface area contributed by atoms with Crippen LogP contribution in [0.15, 0.2) is 24.3 Å². The summed E-state index contributed by atoms with van der Waals surface area (Å²) < 4.78 is 12.9. The van der Waals surface area contributed by atoms with Gasteiger partial charge in [-0.05, 0) is 29.5 Å². The molecule has 2 rings (SSSR count). The third kappa shape index (κ3) is 2.42. The molecule has 4 heteroatoms. The molecule has 0 aromatic heterocycles. The van der Waals surface area contributed by atoms with Crippen LogP contribution in [0.5, 0.6) is 0 Å². The Labute approximate surface area is 105 Å². The molecule has 1 N–H and O–H groups in total. The summed E-state index contributed by atoms with van der Waals surface area (Å²) in [7, 11) is 0. The molecule has 1 heterocycles. The topological polar surface area (TPSA) is 46.2 Å². The zero-order valence-electron chi connectivity index (χ0n) is 10.4. The van der Waals surface area contributed by atoms with Gasteiger partial charge < -0.3 is 0 Å². The molecule has 1 aromatic rings. The van der Waals surface area contributed by atoms with Gasteiger partial charge >= 0.3 is 0 Å².